The fraction of sp³-hybridized carbons (Fsp3) is 0.593. The van der Waals surface area contributed by atoms with Gasteiger partial charge in [0.15, 0.2) is 0 Å². The quantitative estimate of drug-likeness (QED) is 0.500. The van der Waals surface area contributed by atoms with Gasteiger partial charge in [0.25, 0.3) is 5.91 Å². The summed E-state index contributed by atoms with van der Waals surface area (Å²) in [6.07, 6.45) is 1.97. The number of hydrogen-bond acceptors (Lipinski definition) is 6. The van der Waals surface area contributed by atoms with E-state index < -0.39 is 52.9 Å². The Balaban J connectivity index is 1.88. The minimum absolute atomic E-state index is 0.172. The van der Waals surface area contributed by atoms with Gasteiger partial charge in [0.1, 0.15) is 23.3 Å². The molecule has 3 heterocycles. The molecular weight excluding hydrogens is 464 g/mol. The average molecular weight is 501 g/mol. The predicted octanol–water partition coefficient (Wildman–Crippen LogP) is 2.33. The van der Waals surface area contributed by atoms with Crippen LogP contribution < -0.4 is 9.64 Å². The summed E-state index contributed by atoms with van der Waals surface area (Å²) in [7, 11) is 1.55. The van der Waals surface area contributed by atoms with Crippen molar-refractivity contribution < 1.29 is 34.1 Å². The van der Waals surface area contributed by atoms with Gasteiger partial charge in [0.05, 0.1) is 31.3 Å². The molecule has 36 heavy (non-hydrogen) atoms. The molecule has 9 nitrogen and oxygen atoms in total. The molecule has 7 atom stereocenters. The molecular formula is C27H36N2O7. The van der Waals surface area contributed by atoms with E-state index in [0.717, 1.165) is 0 Å². The maximum atomic E-state index is 14.4. The first kappa shape index (κ1) is 26.2. The van der Waals surface area contributed by atoms with E-state index in [4.69, 9.17) is 9.47 Å². The van der Waals surface area contributed by atoms with Crippen molar-refractivity contribution in [3.05, 3.63) is 36.9 Å². The third kappa shape index (κ3) is 3.55. The first-order valence-electron chi connectivity index (χ1n) is 12.4. The molecule has 0 aliphatic carbocycles. The number of ether oxygens (including phenoxy) is 2. The Hall–Kier alpha value is -2.91. The number of benzene rings is 1. The van der Waals surface area contributed by atoms with Crippen LogP contribution in [0.5, 0.6) is 5.75 Å². The molecule has 1 aromatic carbocycles. The van der Waals surface area contributed by atoms with Crippen molar-refractivity contribution in [1.82, 2.24) is 4.90 Å². The van der Waals surface area contributed by atoms with Gasteiger partial charge in [-0.1, -0.05) is 26.8 Å². The SMILES string of the molecule is C=CCN(C(=O)C1N([C@@H](CO)C(C)C)C(=O)[C@@H]2[C@@H](C(=O)O)[C@]3(C)OC12CC3C)c1ccc(OC)cc1. The maximum Gasteiger partial charge on any atom is 0.310 e. The molecule has 1 spiro atoms. The van der Waals surface area contributed by atoms with E-state index in [2.05, 4.69) is 6.58 Å². The maximum absolute atomic E-state index is 14.4. The van der Waals surface area contributed by atoms with Crippen molar-refractivity contribution in [3.63, 3.8) is 0 Å². The Labute approximate surface area is 211 Å². The molecule has 3 aliphatic heterocycles. The average Bonchev–Trinajstić information content (AvgIpc) is 3.34. The van der Waals surface area contributed by atoms with Crippen LogP contribution >= 0.6 is 0 Å². The molecule has 2 bridgehead atoms. The summed E-state index contributed by atoms with van der Waals surface area (Å²) >= 11 is 0. The molecule has 3 fully saturated rings. The topological polar surface area (TPSA) is 117 Å². The number of amides is 2. The molecule has 3 saturated heterocycles. The van der Waals surface area contributed by atoms with E-state index in [-0.39, 0.29) is 25.0 Å². The molecule has 0 saturated carbocycles. The van der Waals surface area contributed by atoms with Crippen LogP contribution in [0.3, 0.4) is 0 Å². The lowest BCUT2D eigenvalue weighted by molar-refractivity contribution is -0.158. The number of rotatable bonds is 9. The molecule has 3 unspecified atom stereocenters. The highest BCUT2D eigenvalue weighted by Crippen LogP contribution is 2.65. The number of aliphatic carboxylic acids is 1. The first-order valence-corrected chi connectivity index (χ1v) is 12.4. The van der Waals surface area contributed by atoms with Crippen LogP contribution in [0, 0.1) is 23.7 Å². The second-order valence-corrected chi connectivity index (χ2v) is 10.7. The van der Waals surface area contributed by atoms with Gasteiger partial charge in [-0.15, -0.1) is 6.58 Å². The van der Waals surface area contributed by atoms with E-state index in [1.54, 1.807) is 44.4 Å². The number of hydrogen-bond donors (Lipinski definition) is 2. The van der Waals surface area contributed by atoms with Gasteiger partial charge in [0.2, 0.25) is 5.91 Å². The molecule has 2 N–H and O–H groups in total. The minimum Gasteiger partial charge on any atom is -0.497 e. The molecule has 0 radical (unpaired) electrons. The highest BCUT2D eigenvalue weighted by atomic mass is 16.5. The summed E-state index contributed by atoms with van der Waals surface area (Å²) in [5, 5.41) is 20.5. The fourth-order valence-electron chi connectivity index (χ4n) is 6.67. The Morgan fingerprint density at radius 2 is 1.97 bits per heavy atom. The molecule has 2 amide bonds. The van der Waals surface area contributed by atoms with Gasteiger partial charge in [-0.3, -0.25) is 14.4 Å². The number of carbonyl (C=O) groups excluding carboxylic acids is 2. The van der Waals surface area contributed by atoms with Gasteiger partial charge in [-0.25, -0.2) is 0 Å². The summed E-state index contributed by atoms with van der Waals surface area (Å²) in [5.74, 6) is -3.78. The van der Waals surface area contributed by atoms with Crippen molar-refractivity contribution in [1.29, 1.82) is 0 Å². The van der Waals surface area contributed by atoms with Crippen molar-refractivity contribution in [3.8, 4) is 5.75 Å². The van der Waals surface area contributed by atoms with Crippen LogP contribution in [0.25, 0.3) is 0 Å². The Morgan fingerprint density at radius 1 is 1.33 bits per heavy atom. The number of aliphatic hydroxyl groups is 1. The lowest BCUT2D eigenvalue weighted by Crippen LogP contribution is -2.60. The number of carbonyl (C=O) groups is 3. The molecule has 1 aromatic rings. The Kier molecular flexibility index (Phi) is 6.68. The lowest BCUT2D eigenvalue weighted by atomic mass is 9.62. The summed E-state index contributed by atoms with van der Waals surface area (Å²) < 4.78 is 11.8. The zero-order valence-electron chi connectivity index (χ0n) is 21.5. The van der Waals surface area contributed by atoms with E-state index in [1.165, 1.54) is 9.80 Å². The van der Waals surface area contributed by atoms with Crippen LogP contribution in [0.4, 0.5) is 5.69 Å². The second-order valence-electron chi connectivity index (χ2n) is 10.7. The number of carboxylic acid groups (broad SMARTS) is 1. The fourth-order valence-corrected chi connectivity index (χ4v) is 6.67. The molecule has 4 rings (SSSR count). The predicted molar refractivity (Wildman–Crippen MR) is 133 cm³/mol. The Bertz CT molecular complexity index is 1060. The largest absolute Gasteiger partial charge is 0.497 e. The number of nitrogens with zero attached hydrogens (tertiary/aromatic N) is 2. The third-order valence-corrected chi connectivity index (χ3v) is 8.53. The second kappa shape index (κ2) is 9.19. The number of aliphatic hydroxyl groups excluding tert-OH is 1. The van der Waals surface area contributed by atoms with Gasteiger partial charge in [0, 0.05) is 12.2 Å². The highest BCUT2D eigenvalue weighted by Gasteiger charge is 2.80. The zero-order chi connectivity index (χ0) is 26.6. The number of carboxylic acids is 1. The lowest BCUT2D eigenvalue weighted by Gasteiger charge is -2.40. The minimum atomic E-state index is -1.31. The summed E-state index contributed by atoms with van der Waals surface area (Å²) in [6.45, 7) is 11.0. The van der Waals surface area contributed by atoms with Gasteiger partial charge < -0.3 is 29.5 Å². The van der Waals surface area contributed by atoms with Crippen molar-refractivity contribution in [2.24, 2.45) is 23.7 Å². The van der Waals surface area contributed by atoms with Crippen LogP contribution in [0.2, 0.25) is 0 Å². The molecule has 9 heteroatoms. The highest BCUT2D eigenvalue weighted by molar-refractivity contribution is 6.05. The van der Waals surface area contributed by atoms with Crippen molar-refractivity contribution >= 4 is 23.5 Å². The number of methoxy groups -OCH3 is 1. The zero-order valence-corrected chi connectivity index (χ0v) is 21.5. The summed E-state index contributed by atoms with van der Waals surface area (Å²) in [5.41, 5.74) is -1.80. The van der Waals surface area contributed by atoms with Gasteiger partial charge in [-0.2, -0.15) is 0 Å². The van der Waals surface area contributed by atoms with E-state index in [1.807, 2.05) is 20.8 Å². The number of fused-ring (bicyclic) bond motifs is 1. The molecule has 196 valence electrons. The standard InChI is InChI=1S/C27H36N2O7/c1-7-12-28(17-8-10-18(35-6)11-9-17)24(32)22-27-13-16(4)26(5,36-27)21(25(33)34)20(27)23(31)29(22)19(14-30)15(2)3/h7-11,15-16,19-22,30H,1,12-14H2,2-6H3,(H,33,34)/t16?,19-,20-,21-,22?,26+,27?/m0/s1. The van der Waals surface area contributed by atoms with Crippen LogP contribution in [-0.2, 0) is 19.1 Å². The van der Waals surface area contributed by atoms with Gasteiger partial charge in [-0.05, 0) is 49.4 Å². The normalized spacial score (nSPS) is 33.5. The van der Waals surface area contributed by atoms with E-state index >= 15 is 0 Å². The van der Waals surface area contributed by atoms with Crippen molar-refractivity contribution in [2.75, 3.05) is 25.2 Å². The first-order chi connectivity index (χ1) is 17.0. The van der Waals surface area contributed by atoms with Crippen molar-refractivity contribution in [2.45, 2.75) is 57.4 Å². The third-order valence-electron chi connectivity index (χ3n) is 8.53. The Morgan fingerprint density at radius 3 is 2.47 bits per heavy atom. The summed E-state index contributed by atoms with van der Waals surface area (Å²) in [6, 6.07) is 5.21. The van der Waals surface area contributed by atoms with Gasteiger partial charge >= 0.3 is 5.97 Å². The molecule has 3 aliphatic rings. The van der Waals surface area contributed by atoms with E-state index in [0.29, 0.717) is 17.9 Å². The van der Waals surface area contributed by atoms with Crippen LogP contribution in [0.15, 0.2) is 36.9 Å². The van der Waals surface area contributed by atoms with Crippen LogP contribution in [-0.4, -0.2) is 76.4 Å². The number of anilines is 1. The smallest absolute Gasteiger partial charge is 0.310 e. The molecule has 0 aromatic heterocycles. The van der Waals surface area contributed by atoms with E-state index in [9.17, 15) is 24.6 Å². The number of likely N-dealkylation sites (tertiary alicyclic amines) is 1. The van der Waals surface area contributed by atoms with Crippen LogP contribution in [0.1, 0.15) is 34.1 Å². The summed E-state index contributed by atoms with van der Waals surface area (Å²) in [4.78, 5) is 43.9. The monoisotopic (exact) mass is 500 g/mol.